The Morgan fingerprint density at radius 3 is 2.79 bits per heavy atom. The Kier molecular flexibility index (Phi) is 4.66. The van der Waals surface area contributed by atoms with Gasteiger partial charge in [-0.2, -0.15) is 0 Å². The second-order valence-electron chi connectivity index (χ2n) is 6.53. The van der Waals surface area contributed by atoms with Crippen LogP contribution in [-0.2, 0) is 32.0 Å². The van der Waals surface area contributed by atoms with Gasteiger partial charge in [0.05, 0.1) is 24.8 Å². The molecule has 10 nitrogen and oxygen atoms in total. The molecule has 0 spiro atoms. The van der Waals surface area contributed by atoms with E-state index in [2.05, 4.69) is 15.3 Å². The maximum absolute atomic E-state index is 12.5. The van der Waals surface area contributed by atoms with Gasteiger partial charge in [-0.15, -0.1) is 11.3 Å². The van der Waals surface area contributed by atoms with Gasteiger partial charge in [0.15, 0.2) is 21.9 Å². The van der Waals surface area contributed by atoms with Crippen molar-refractivity contribution in [2.75, 3.05) is 0 Å². The summed E-state index contributed by atoms with van der Waals surface area (Å²) in [6.45, 7) is 2.09. The average Bonchev–Trinajstić information content (AvgIpc) is 3.43. The minimum absolute atomic E-state index is 0.0904. The number of nitrogens with zero attached hydrogens (tertiary/aromatic N) is 5. The van der Waals surface area contributed by atoms with E-state index >= 15 is 0 Å². The maximum Gasteiger partial charge on any atom is 0.332 e. The van der Waals surface area contributed by atoms with Crippen LogP contribution in [0.4, 0.5) is 0 Å². The van der Waals surface area contributed by atoms with Crippen LogP contribution in [0.3, 0.4) is 0 Å². The molecule has 11 heteroatoms. The summed E-state index contributed by atoms with van der Waals surface area (Å²) in [5.74, 6) is 0.398. The number of carbonyl (C=O) groups excluding carboxylic acids is 1. The predicted molar refractivity (Wildman–Crippen MR) is 107 cm³/mol. The molecular weight excluding hydrogens is 396 g/mol. The van der Waals surface area contributed by atoms with Crippen LogP contribution in [0.2, 0.25) is 0 Å². The molecular formula is C18H18N6O4S. The SMILES string of the molecule is Cc1nc(-c2ccco2)sc1CNC(=O)Cn1cnc2c1c(=O)n(C)c(=O)n2C. The lowest BCUT2D eigenvalue weighted by Gasteiger charge is -2.07. The fraction of sp³-hybridized carbons (Fsp3) is 0.278. The molecule has 0 aromatic carbocycles. The Balaban J connectivity index is 1.51. The number of rotatable bonds is 5. The lowest BCUT2D eigenvalue weighted by Crippen LogP contribution is -2.38. The second-order valence-corrected chi connectivity index (χ2v) is 7.62. The molecule has 0 unspecified atom stereocenters. The van der Waals surface area contributed by atoms with Crippen LogP contribution in [-0.4, -0.2) is 29.6 Å². The third kappa shape index (κ3) is 3.29. The minimum atomic E-state index is -0.491. The number of thiazole rings is 1. The zero-order valence-corrected chi connectivity index (χ0v) is 16.8. The van der Waals surface area contributed by atoms with Crippen LogP contribution in [0.1, 0.15) is 10.6 Å². The number of fused-ring (bicyclic) bond motifs is 1. The molecule has 4 rings (SSSR count). The lowest BCUT2D eigenvalue weighted by molar-refractivity contribution is -0.121. The van der Waals surface area contributed by atoms with Crippen molar-refractivity contribution in [3.8, 4) is 10.8 Å². The zero-order chi connectivity index (χ0) is 20.7. The summed E-state index contributed by atoms with van der Waals surface area (Å²) in [4.78, 5) is 46.4. The van der Waals surface area contributed by atoms with E-state index in [1.807, 2.05) is 13.0 Å². The van der Waals surface area contributed by atoms with E-state index in [4.69, 9.17) is 4.42 Å². The zero-order valence-electron chi connectivity index (χ0n) is 16.0. The molecule has 4 aromatic heterocycles. The number of furan rings is 1. The normalized spacial score (nSPS) is 11.3. The summed E-state index contributed by atoms with van der Waals surface area (Å²) in [6.07, 6.45) is 2.97. The quantitative estimate of drug-likeness (QED) is 0.516. The summed E-state index contributed by atoms with van der Waals surface area (Å²) < 4.78 is 9.08. The van der Waals surface area contributed by atoms with Crippen LogP contribution in [0.25, 0.3) is 21.9 Å². The van der Waals surface area contributed by atoms with Crippen molar-refractivity contribution in [1.82, 2.24) is 29.0 Å². The van der Waals surface area contributed by atoms with Crippen LogP contribution in [0.5, 0.6) is 0 Å². The highest BCUT2D eigenvalue weighted by molar-refractivity contribution is 7.15. The molecule has 0 aliphatic carbocycles. The highest BCUT2D eigenvalue weighted by Gasteiger charge is 2.17. The highest BCUT2D eigenvalue weighted by atomic mass is 32.1. The topological polar surface area (TPSA) is 117 Å². The molecule has 0 bridgehead atoms. The summed E-state index contributed by atoms with van der Waals surface area (Å²) in [7, 11) is 2.93. The van der Waals surface area contributed by atoms with E-state index in [1.54, 1.807) is 12.3 Å². The summed E-state index contributed by atoms with van der Waals surface area (Å²) in [6, 6.07) is 3.63. The Hall–Kier alpha value is -3.47. The molecule has 150 valence electrons. The molecule has 0 radical (unpaired) electrons. The number of hydrogen-bond donors (Lipinski definition) is 1. The summed E-state index contributed by atoms with van der Waals surface area (Å²) in [5, 5.41) is 3.59. The molecule has 0 aliphatic rings. The number of amides is 1. The Bertz CT molecular complexity index is 1330. The van der Waals surface area contributed by atoms with Gasteiger partial charge in [0.2, 0.25) is 5.91 Å². The Morgan fingerprint density at radius 2 is 2.07 bits per heavy atom. The van der Waals surface area contributed by atoms with Gasteiger partial charge in [-0.1, -0.05) is 0 Å². The predicted octanol–water partition coefficient (Wildman–Crippen LogP) is 0.775. The van der Waals surface area contributed by atoms with E-state index < -0.39 is 11.2 Å². The average molecular weight is 414 g/mol. The first-order chi connectivity index (χ1) is 13.9. The summed E-state index contributed by atoms with van der Waals surface area (Å²) in [5.41, 5.74) is 0.310. The first-order valence-corrected chi connectivity index (χ1v) is 9.56. The number of hydrogen-bond acceptors (Lipinski definition) is 7. The van der Waals surface area contributed by atoms with Crippen molar-refractivity contribution < 1.29 is 9.21 Å². The smallest absolute Gasteiger partial charge is 0.332 e. The molecule has 4 aromatic rings. The number of aromatic nitrogens is 5. The number of carbonyl (C=O) groups is 1. The van der Waals surface area contributed by atoms with E-state index in [9.17, 15) is 14.4 Å². The fourth-order valence-electron chi connectivity index (χ4n) is 3.00. The molecule has 1 N–H and O–H groups in total. The first-order valence-electron chi connectivity index (χ1n) is 8.74. The second kappa shape index (κ2) is 7.17. The van der Waals surface area contributed by atoms with Gasteiger partial charge in [-0.05, 0) is 19.1 Å². The standard InChI is InChI=1S/C18H18N6O4S/c1-10-12(29-16(21-10)11-5-4-6-28-11)7-19-13(25)8-24-9-20-15-14(24)17(26)23(3)18(27)22(15)2/h4-6,9H,7-8H2,1-3H3,(H,19,25). The molecule has 29 heavy (non-hydrogen) atoms. The third-order valence-corrected chi connectivity index (χ3v) is 5.77. The van der Waals surface area contributed by atoms with Crippen molar-refractivity contribution in [1.29, 1.82) is 0 Å². The van der Waals surface area contributed by atoms with Crippen LogP contribution in [0.15, 0.2) is 38.7 Å². The van der Waals surface area contributed by atoms with Gasteiger partial charge >= 0.3 is 5.69 Å². The van der Waals surface area contributed by atoms with Gasteiger partial charge in [0, 0.05) is 19.0 Å². The first kappa shape index (κ1) is 18.9. The minimum Gasteiger partial charge on any atom is -0.462 e. The van der Waals surface area contributed by atoms with Gasteiger partial charge in [-0.3, -0.25) is 18.7 Å². The van der Waals surface area contributed by atoms with Crippen molar-refractivity contribution >= 4 is 28.4 Å². The molecule has 0 atom stereocenters. The monoisotopic (exact) mass is 414 g/mol. The van der Waals surface area contributed by atoms with Crippen molar-refractivity contribution in [3.63, 3.8) is 0 Å². The molecule has 1 amide bonds. The number of nitrogens with one attached hydrogen (secondary N) is 1. The van der Waals surface area contributed by atoms with Gasteiger partial charge in [0.25, 0.3) is 5.56 Å². The number of imidazole rings is 1. The van der Waals surface area contributed by atoms with Crippen LogP contribution >= 0.6 is 11.3 Å². The molecule has 0 saturated heterocycles. The van der Waals surface area contributed by atoms with Gasteiger partial charge < -0.3 is 14.3 Å². The highest BCUT2D eigenvalue weighted by Crippen LogP contribution is 2.28. The van der Waals surface area contributed by atoms with E-state index in [0.29, 0.717) is 12.3 Å². The molecule has 0 fully saturated rings. The third-order valence-electron chi connectivity index (χ3n) is 4.60. The maximum atomic E-state index is 12.5. The number of aryl methyl sites for hydroxylation is 2. The van der Waals surface area contributed by atoms with E-state index in [1.165, 1.54) is 40.9 Å². The van der Waals surface area contributed by atoms with Crippen molar-refractivity contribution in [3.05, 3.63) is 56.1 Å². The van der Waals surface area contributed by atoms with E-state index in [-0.39, 0.29) is 23.6 Å². The molecule has 0 saturated carbocycles. The van der Waals surface area contributed by atoms with Crippen LogP contribution in [0, 0.1) is 6.92 Å². The fourth-order valence-corrected chi connectivity index (χ4v) is 3.97. The Labute approximate surface area is 168 Å². The van der Waals surface area contributed by atoms with Crippen LogP contribution < -0.4 is 16.6 Å². The Morgan fingerprint density at radius 1 is 1.28 bits per heavy atom. The van der Waals surface area contributed by atoms with Crippen molar-refractivity contribution in [2.24, 2.45) is 14.1 Å². The summed E-state index contributed by atoms with van der Waals surface area (Å²) >= 11 is 1.45. The van der Waals surface area contributed by atoms with Gasteiger partial charge in [0.1, 0.15) is 6.54 Å². The molecule has 0 aliphatic heterocycles. The molecule has 4 heterocycles. The lowest BCUT2D eigenvalue weighted by atomic mass is 10.4. The largest absolute Gasteiger partial charge is 0.462 e. The van der Waals surface area contributed by atoms with Crippen molar-refractivity contribution in [2.45, 2.75) is 20.0 Å². The van der Waals surface area contributed by atoms with Gasteiger partial charge in [-0.25, -0.2) is 14.8 Å². The van der Waals surface area contributed by atoms with E-state index in [0.717, 1.165) is 20.1 Å².